The van der Waals surface area contributed by atoms with Gasteiger partial charge in [0.15, 0.2) is 0 Å². The predicted octanol–water partition coefficient (Wildman–Crippen LogP) is 3.70. The van der Waals surface area contributed by atoms with Gasteiger partial charge in [0, 0.05) is 11.8 Å². The number of hydrogen-bond donors (Lipinski definition) is 2. The van der Waals surface area contributed by atoms with Crippen LogP contribution in [0.25, 0.3) is 0 Å². The van der Waals surface area contributed by atoms with E-state index in [1.54, 1.807) is 12.1 Å². The van der Waals surface area contributed by atoms with Gasteiger partial charge in [0.05, 0.1) is 11.7 Å². The minimum atomic E-state index is -1.02. The van der Waals surface area contributed by atoms with E-state index >= 15 is 0 Å². The number of nitrogens with two attached hydrogens (primary N) is 1. The molecule has 0 spiro atoms. The first-order valence-electron chi connectivity index (χ1n) is 6.84. The summed E-state index contributed by atoms with van der Waals surface area (Å²) in [5, 5.41) is 8.88. The molecular formula is C15H23NO3. The van der Waals surface area contributed by atoms with Crippen LogP contribution in [0.15, 0.2) is 18.2 Å². The molecule has 3 N–H and O–H groups in total. The van der Waals surface area contributed by atoms with Crippen LogP contribution in [0.5, 0.6) is 5.75 Å². The minimum absolute atomic E-state index is 0.114. The number of ether oxygens (including phenoxy) is 1. The summed E-state index contributed by atoms with van der Waals surface area (Å²) in [6, 6.07) is 4.71. The van der Waals surface area contributed by atoms with Crippen LogP contribution in [0.2, 0.25) is 0 Å². The Morgan fingerprint density at radius 2 is 2.11 bits per heavy atom. The Labute approximate surface area is 114 Å². The summed E-state index contributed by atoms with van der Waals surface area (Å²) in [7, 11) is 0. The van der Waals surface area contributed by atoms with Gasteiger partial charge in [-0.3, -0.25) is 0 Å². The van der Waals surface area contributed by atoms with Crippen molar-refractivity contribution < 1.29 is 14.6 Å². The number of carboxylic acids is 1. The lowest BCUT2D eigenvalue weighted by atomic mass is 10.1. The first-order chi connectivity index (χ1) is 9.04. The van der Waals surface area contributed by atoms with E-state index < -0.39 is 5.97 Å². The molecule has 0 aliphatic rings. The normalized spacial score (nSPS) is 12.1. The Kier molecular flexibility index (Phi) is 6.19. The van der Waals surface area contributed by atoms with Gasteiger partial charge in [0.1, 0.15) is 5.75 Å². The second-order valence-corrected chi connectivity index (χ2v) is 4.83. The van der Waals surface area contributed by atoms with Crippen LogP contribution in [-0.4, -0.2) is 17.2 Å². The molecule has 0 saturated carbocycles. The number of carbonyl (C=O) groups is 1. The summed E-state index contributed by atoms with van der Waals surface area (Å²) >= 11 is 0. The zero-order valence-electron chi connectivity index (χ0n) is 11.7. The van der Waals surface area contributed by atoms with Crippen molar-refractivity contribution in [1.29, 1.82) is 0 Å². The lowest BCUT2D eigenvalue weighted by Crippen LogP contribution is -2.12. The Bertz CT molecular complexity index is 418. The molecule has 0 aliphatic carbocycles. The third kappa shape index (κ3) is 5.20. The molecule has 0 bridgehead atoms. The molecule has 0 aliphatic heterocycles. The average Bonchev–Trinajstić information content (AvgIpc) is 2.34. The number of carboxylic acid groups (broad SMARTS) is 1. The van der Waals surface area contributed by atoms with Crippen LogP contribution < -0.4 is 10.5 Å². The van der Waals surface area contributed by atoms with E-state index in [1.807, 2.05) is 6.92 Å². The van der Waals surface area contributed by atoms with Crippen molar-refractivity contribution in [2.45, 2.75) is 52.1 Å². The van der Waals surface area contributed by atoms with E-state index in [0.29, 0.717) is 5.75 Å². The van der Waals surface area contributed by atoms with Crippen LogP contribution in [0.1, 0.15) is 56.3 Å². The zero-order valence-corrected chi connectivity index (χ0v) is 11.7. The molecular weight excluding hydrogens is 242 g/mol. The van der Waals surface area contributed by atoms with E-state index in [0.717, 1.165) is 12.8 Å². The molecule has 1 aromatic carbocycles. The SMILES string of the molecule is CCCCCCC(C)Oc1ccc(C(=O)O)c(N)c1. The molecule has 19 heavy (non-hydrogen) atoms. The first-order valence-corrected chi connectivity index (χ1v) is 6.84. The molecule has 0 heterocycles. The van der Waals surface area contributed by atoms with Crippen LogP contribution in [0.3, 0.4) is 0 Å². The van der Waals surface area contributed by atoms with Gasteiger partial charge >= 0.3 is 5.97 Å². The summed E-state index contributed by atoms with van der Waals surface area (Å²) in [6.07, 6.45) is 5.98. The summed E-state index contributed by atoms with van der Waals surface area (Å²) in [5.41, 5.74) is 6.03. The van der Waals surface area contributed by atoms with Gasteiger partial charge < -0.3 is 15.6 Å². The maximum absolute atomic E-state index is 10.8. The highest BCUT2D eigenvalue weighted by Crippen LogP contribution is 2.22. The monoisotopic (exact) mass is 265 g/mol. The minimum Gasteiger partial charge on any atom is -0.491 e. The Morgan fingerprint density at radius 3 is 2.68 bits per heavy atom. The highest BCUT2D eigenvalue weighted by atomic mass is 16.5. The molecule has 1 atom stereocenters. The van der Waals surface area contributed by atoms with Crippen molar-refractivity contribution in [2.24, 2.45) is 0 Å². The van der Waals surface area contributed by atoms with Crippen LogP contribution >= 0.6 is 0 Å². The first kappa shape index (κ1) is 15.3. The Hall–Kier alpha value is -1.71. The third-order valence-corrected chi connectivity index (χ3v) is 3.05. The van der Waals surface area contributed by atoms with Gasteiger partial charge in [-0.25, -0.2) is 4.79 Å². The summed E-state index contributed by atoms with van der Waals surface area (Å²) < 4.78 is 5.74. The van der Waals surface area contributed by atoms with Gasteiger partial charge in [-0.05, 0) is 31.9 Å². The lowest BCUT2D eigenvalue weighted by molar-refractivity contribution is 0.0698. The second kappa shape index (κ2) is 7.67. The van der Waals surface area contributed by atoms with Crippen molar-refractivity contribution in [3.05, 3.63) is 23.8 Å². The molecule has 4 nitrogen and oxygen atoms in total. The van der Waals surface area contributed by atoms with Gasteiger partial charge in [-0.15, -0.1) is 0 Å². The standard InChI is InChI=1S/C15H23NO3/c1-3-4-5-6-7-11(2)19-12-8-9-13(15(17)18)14(16)10-12/h8-11H,3-7,16H2,1-2H3,(H,17,18). The van der Waals surface area contributed by atoms with Gasteiger partial charge in [-0.2, -0.15) is 0 Å². The maximum Gasteiger partial charge on any atom is 0.337 e. The van der Waals surface area contributed by atoms with Gasteiger partial charge in [-0.1, -0.05) is 26.2 Å². The molecule has 0 aromatic heterocycles. The number of nitrogen functional groups attached to an aromatic ring is 1. The van der Waals surface area contributed by atoms with Crippen LogP contribution in [0, 0.1) is 0 Å². The van der Waals surface area contributed by atoms with Gasteiger partial charge in [0.25, 0.3) is 0 Å². The van der Waals surface area contributed by atoms with Crippen molar-refractivity contribution in [3.63, 3.8) is 0 Å². The Morgan fingerprint density at radius 1 is 1.37 bits per heavy atom. The quantitative estimate of drug-likeness (QED) is 0.555. The largest absolute Gasteiger partial charge is 0.491 e. The summed E-state index contributed by atoms with van der Waals surface area (Å²) in [6.45, 7) is 4.21. The van der Waals surface area contributed by atoms with E-state index in [2.05, 4.69) is 6.92 Å². The smallest absolute Gasteiger partial charge is 0.337 e. The molecule has 106 valence electrons. The fraction of sp³-hybridized carbons (Fsp3) is 0.533. The average molecular weight is 265 g/mol. The van der Waals surface area contributed by atoms with Crippen molar-refractivity contribution >= 4 is 11.7 Å². The summed E-state index contributed by atoms with van der Waals surface area (Å²) in [5.74, 6) is -0.387. The third-order valence-electron chi connectivity index (χ3n) is 3.05. The molecule has 4 heteroatoms. The number of rotatable bonds is 8. The number of aromatic carboxylic acids is 1. The van der Waals surface area contributed by atoms with E-state index in [9.17, 15) is 4.79 Å². The second-order valence-electron chi connectivity index (χ2n) is 4.83. The van der Waals surface area contributed by atoms with Crippen molar-refractivity contribution in [3.8, 4) is 5.75 Å². The molecule has 1 rings (SSSR count). The summed E-state index contributed by atoms with van der Waals surface area (Å²) in [4.78, 5) is 10.8. The molecule has 0 amide bonds. The fourth-order valence-electron chi connectivity index (χ4n) is 1.96. The Balaban J connectivity index is 2.48. The van der Waals surface area contributed by atoms with Crippen molar-refractivity contribution in [1.82, 2.24) is 0 Å². The van der Waals surface area contributed by atoms with Crippen LogP contribution in [-0.2, 0) is 0 Å². The highest BCUT2D eigenvalue weighted by molar-refractivity contribution is 5.93. The lowest BCUT2D eigenvalue weighted by Gasteiger charge is -2.15. The molecule has 0 saturated heterocycles. The number of unbranched alkanes of at least 4 members (excludes halogenated alkanes) is 3. The highest BCUT2D eigenvalue weighted by Gasteiger charge is 2.10. The predicted molar refractivity (Wildman–Crippen MR) is 76.7 cm³/mol. The number of anilines is 1. The topological polar surface area (TPSA) is 72.5 Å². The van der Waals surface area contributed by atoms with E-state index in [4.69, 9.17) is 15.6 Å². The van der Waals surface area contributed by atoms with Crippen molar-refractivity contribution in [2.75, 3.05) is 5.73 Å². The van der Waals surface area contributed by atoms with Gasteiger partial charge in [0.2, 0.25) is 0 Å². The fourth-order valence-corrected chi connectivity index (χ4v) is 1.96. The van der Waals surface area contributed by atoms with E-state index in [-0.39, 0.29) is 17.4 Å². The van der Waals surface area contributed by atoms with Crippen LogP contribution in [0.4, 0.5) is 5.69 Å². The number of benzene rings is 1. The molecule has 1 aromatic rings. The van der Waals surface area contributed by atoms with E-state index in [1.165, 1.54) is 25.3 Å². The number of hydrogen-bond acceptors (Lipinski definition) is 3. The zero-order chi connectivity index (χ0) is 14.3. The maximum atomic E-state index is 10.8. The molecule has 0 radical (unpaired) electrons. The molecule has 1 unspecified atom stereocenters. The molecule has 0 fully saturated rings.